The smallest absolute Gasteiger partial charge is 0.274 e. The van der Waals surface area contributed by atoms with E-state index in [0.29, 0.717) is 24.6 Å². The average molecular weight is 345 g/mol. The highest BCUT2D eigenvalue weighted by molar-refractivity contribution is 5.92. The number of nitrogens with zero attached hydrogens (tertiary/aromatic N) is 2. The Morgan fingerprint density at radius 2 is 2.08 bits per heavy atom. The molecule has 1 aliphatic heterocycles. The van der Waals surface area contributed by atoms with E-state index in [1.54, 1.807) is 17.0 Å². The van der Waals surface area contributed by atoms with Crippen LogP contribution >= 0.6 is 0 Å². The van der Waals surface area contributed by atoms with Crippen molar-refractivity contribution in [3.05, 3.63) is 53.1 Å². The number of amides is 1. The van der Waals surface area contributed by atoms with Crippen molar-refractivity contribution in [2.45, 2.75) is 44.8 Å². The number of nitrogens with one attached hydrogen (secondary N) is 1. The molecule has 0 radical (unpaired) electrons. The van der Waals surface area contributed by atoms with Gasteiger partial charge in [-0.25, -0.2) is 4.39 Å². The summed E-state index contributed by atoms with van der Waals surface area (Å²) in [5.41, 5.74) is 2.33. The summed E-state index contributed by atoms with van der Waals surface area (Å²) >= 11 is 0. The second-order valence-electron chi connectivity index (χ2n) is 6.87. The van der Waals surface area contributed by atoms with Gasteiger partial charge in [-0.2, -0.15) is 5.10 Å². The molecule has 5 nitrogen and oxygen atoms in total. The van der Waals surface area contributed by atoms with E-state index in [1.165, 1.54) is 12.1 Å². The van der Waals surface area contributed by atoms with Gasteiger partial charge in [0.1, 0.15) is 11.5 Å². The fourth-order valence-electron chi connectivity index (χ4n) is 3.13. The first kappa shape index (κ1) is 17.6. The summed E-state index contributed by atoms with van der Waals surface area (Å²) < 4.78 is 18.9. The zero-order valence-corrected chi connectivity index (χ0v) is 14.8. The van der Waals surface area contributed by atoms with Gasteiger partial charge < -0.3 is 9.64 Å². The molecule has 2 atom stereocenters. The van der Waals surface area contributed by atoms with Crippen molar-refractivity contribution in [2.75, 3.05) is 13.7 Å². The molecule has 0 aliphatic carbocycles. The molecule has 1 aromatic heterocycles. The maximum atomic E-state index is 13.1. The summed E-state index contributed by atoms with van der Waals surface area (Å²) in [6, 6.07) is 8.25. The Morgan fingerprint density at radius 3 is 2.72 bits per heavy atom. The fourth-order valence-corrected chi connectivity index (χ4v) is 3.13. The lowest BCUT2D eigenvalue weighted by Gasteiger charge is -2.35. The minimum atomic E-state index is -0.261. The van der Waals surface area contributed by atoms with Gasteiger partial charge >= 0.3 is 0 Å². The Labute approximate surface area is 147 Å². The number of hydrogen-bond donors (Lipinski definition) is 1. The van der Waals surface area contributed by atoms with Gasteiger partial charge in [0.2, 0.25) is 0 Å². The lowest BCUT2D eigenvalue weighted by Crippen LogP contribution is -2.41. The van der Waals surface area contributed by atoms with Crippen molar-refractivity contribution in [3.8, 4) is 0 Å². The molecule has 1 aliphatic rings. The molecule has 134 valence electrons. The Hall–Kier alpha value is -2.21. The van der Waals surface area contributed by atoms with Gasteiger partial charge in [0.05, 0.1) is 6.10 Å². The van der Waals surface area contributed by atoms with Crippen LogP contribution in [0.3, 0.4) is 0 Å². The maximum Gasteiger partial charge on any atom is 0.274 e. The molecular formula is C19H24FN3O2. The van der Waals surface area contributed by atoms with E-state index in [-0.39, 0.29) is 23.9 Å². The van der Waals surface area contributed by atoms with Crippen molar-refractivity contribution in [1.29, 1.82) is 0 Å². The van der Waals surface area contributed by atoms with Gasteiger partial charge in [0.25, 0.3) is 5.91 Å². The number of carbonyl (C=O) groups excluding carboxylic acids is 1. The first-order valence-electron chi connectivity index (χ1n) is 8.65. The summed E-state index contributed by atoms with van der Waals surface area (Å²) in [4.78, 5) is 14.5. The van der Waals surface area contributed by atoms with Crippen LogP contribution in [-0.4, -0.2) is 40.7 Å². The number of H-pyrrole nitrogens is 1. The molecule has 1 aromatic carbocycles. The van der Waals surface area contributed by atoms with Crippen LogP contribution in [0, 0.1) is 5.82 Å². The van der Waals surface area contributed by atoms with Crippen molar-refractivity contribution < 1.29 is 13.9 Å². The topological polar surface area (TPSA) is 58.2 Å². The summed E-state index contributed by atoms with van der Waals surface area (Å²) in [7, 11) is 1.81. The van der Waals surface area contributed by atoms with Gasteiger partial charge in [-0.15, -0.1) is 0 Å². The van der Waals surface area contributed by atoms with Crippen molar-refractivity contribution in [3.63, 3.8) is 0 Å². The van der Waals surface area contributed by atoms with Crippen LogP contribution in [0.5, 0.6) is 0 Å². The highest BCUT2D eigenvalue weighted by atomic mass is 19.1. The van der Waals surface area contributed by atoms with Crippen molar-refractivity contribution in [1.82, 2.24) is 15.1 Å². The van der Waals surface area contributed by atoms with E-state index in [1.807, 2.05) is 13.1 Å². The van der Waals surface area contributed by atoms with E-state index >= 15 is 0 Å². The molecule has 3 rings (SSSR count). The minimum absolute atomic E-state index is 0.0653. The second-order valence-corrected chi connectivity index (χ2v) is 6.87. The maximum absolute atomic E-state index is 13.1. The number of carbonyl (C=O) groups is 1. The summed E-state index contributed by atoms with van der Waals surface area (Å²) in [5, 5.41) is 7.08. The highest BCUT2D eigenvalue weighted by Gasteiger charge is 2.30. The zero-order chi connectivity index (χ0) is 18.0. The van der Waals surface area contributed by atoms with Crippen LogP contribution in [0.15, 0.2) is 30.3 Å². The molecule has 0 unspecified atom stereocenters. The number of aromatic nitrogens is 2. The standard InChI is InChI=1S/C19H24FN3O2/c1-12(2)16-11-17(22-21-16)19(24)23(3)15-8-9-25-18(10-15)13-4-6-14(20)7-5-13/h4-7,11-12,15,18H,8-10H2,1-3H3,(H,21,22)/t15-,18-/m0/s1. The fraction of sp³-hybridized carbons (Fsp3) is 0.474. The third-order valence-corrected chi connectivity index (χ3v) is 4.80. The molecule has 1 N–H and O–H groups in total. The largest absolute Gasteiger partial charge is 0.373 e. The predicted molar refractivity (Wildman–Crippen MR) is 92.9 cm³/mol. The molecule has 1 saturated heterocycles. The summed E-state index contributed by atoms with van der Waals surface area (Å²) in [6.45, 7) is 4.68. The number of halogens is 1. The second kappa shape index (κ2) is 7.35. The number of aromatic amines is 1. The predicted octanol–water partition coefficient (Wildman–Crippen LogP) is 3.66. The van der Waals surface area contributed by atoms with Crippen LogP contribution in [0.25, 0.3) is 0 Å². The molecule has 2 heterocycles. The summed E-state index contributed by atoms with van der Waals surface area (Å²) in [6.07, 6.45) is 1.34. The monoisotopic (exact) mass is 345 g/mol. The minimum Gasteiger partial charge on any atom is -0.373 e. The molecule has 0 spiro atoms. The molecule has 25 heavy (non-hydrogen) atoms. The number of rotatable bonds is 4. The first-order valence-corrected chi connectivity index (χ1v) is 8.65. The molecule has 6 heteroatoms. The lowest BCUT2D eigenvalue weighted by atomic mass is 9.96. The van der Waals surface area contributed by atoms with Crippen LogP contribution in [0.4, 0.5) is 4.39 Å². The number of hydrogen-bond acceptors (Lipinski definition) is 3. The average Bonchev–Trinajstić information content (AvgIpc) is 3.11. The zero-order valence-electron chi connectivity index (χ0n) is 14.8. The Bertz CT molecular complexity index is 727. The molecule has 2 aromatic rings. The van der Waals surface area contributed by atoms with Gasteiger partial charge in [-0.1, -0.05) is 26.0 Å². The van der Waals surface area contributed by atoms with E-state index < -0.39 is 0 Å². The lowest BCUT2D eigenvalue weighted by molar-refractivity contribution is -0.0198. The van der Waals surface area contributed by atoms with Crippen LogP contribution in [-0.2, 0) is 4.74 Å². The molecule has 0 bridgehead atoms. The molecule has 1 amide bonds. The van der Waals surface area contributed by atoms with Gasteiger partial charge in [0, 0.05) is 25.4 Å². The third kappa shape index (κ3) is 3.90. The van der Waals surface area contributed by atoms with Crippen LogP contribution in [0.1, 0.15) is 60.5 Å². The van der Waals surface area contributed by atoms with E-state index in [4.69, 9.17) is 4.74 Å². The number of ether oxygens (including phenoxy) is 1. The van der Waals surface area contributed by atoms with E-state index in [0.717, 1.165) is 17.7 Å². The first-order chi connectivity index (χ1) is 12.0. The Morgan fingerprint density at radius 1 is 1.36 bits per heavy atom. The van der Waals surface area contributed by atoms with Gasteiger partial charge in [-0.05, 0) is 42.5 Å². The molecule has 0 saturated carbocycles. The number of benzene rings is 1. The molecule has 1 fully saturated rings. The van der Waals surface area contributed by atoms with Crippen LogP contribution < -0.4 is 0 Å². The van der Waals surface area contributed by atoms with Crippen molar-refractivity contribution in [2.24, 2.45) is 0 Å². The SMILES string of the molecule is CC(C)c1cc(C(=O)N(C)[C@H]2CCO[C@H](c3ccc(F)cc3)C2)n[nH]1. The Balaban J connectivity index is 1.69. The van der Waals surface area contributed by atoms with Gasteiger partial charge in [-0.3, -0.25) is 9.89 Å². The van der Waals surface area contributed by atoms with Gasteiger partial charge in [0.15, 0.2) is 0 Å². The normalized spacial score (nSPS) is 20.7. The highest BCUT2D eigenvalue weighted by Crippen LogP contribution is 2.30. The van der Waals surface area contributed by atoms with Crippen LogP contribution in [0.2, 0.25) is 0 Å². The van der Waals surface area contributed by atoms with E-state index in [9.17, 15) is 9.18 Å². The quantitative estimate of drug-likeness (QED) is 0.920. The Kier molecular flexibility index (Phi) is 5.18. The van der Waals surface area contributed by atoms with E-state index in [2.05, 4.69) is 24.0 Å². The third-order valence-electron chi connectivity index (χ3n) is 4.80. The molecular weight excluding hydrogens is 321 g/mol. The summed E-state index contributed by atoms with van der Waals surface area (Å²) in [5.74, 6) is -0.0545. The van der Waals surface area contributed by atoms with Crippen molar-refractivity contribution >= 4 is 5.91 Å².